The van der Waals surface area contributed by atoms with Crippen LogP contribution in [0.15, 0.2) is 30.3 Å². The van der Waals surface area contributed by atoms with Crippen molar-refractivity contribution in [3.63, 3.8) is 0 Å². The molecule has 1 aromatic carbocycles. The van der Waals surface area contributed by atoms with E-state index in [0.717, 1.165) is 18.9 Å². The lowest BCUT2D eigenvalue weighted by molar-refractivity contribution is 0.483. The molecule has 1 aromatic heterocycles. The summed E-state index contributed by atoms with van der Waals surface area (Å²) in [7, 11) is 0. The number of hydrogen-bond acceptors (Lipinski definition) is 4. The minimum atomic E-state index is 0.392. The van der Waals surface area contributed by atoms with Gasteiger partial charge in [-0.1, -0.05) is 51.1 Å². The predicted octanol–water partition coefficient (Wildman–Crippen LogP) is 2.22. The van der Waals surface area contributed by atoms with Crippen LogP contribution in [-0.4, -0.2) is 26.8 Å². The van der Waals surface area contributed by atoms with Crippen LogP contribution in [0.3, 0.4) is 0 Å². The van der Waals surface area contributed by atoms with Gasteiger partial charge in [-0.3, -0.25) is 0 Å². The van der Waals surface area contributed by atoms with Gasteiger partial charge < -0.3 is 5.32 Å². The number of hydrogen-bond donors (Lipinski definition) is 1. The lowest BCUT2D eigenvalue weighted by atomic mass is 10.0. The van der Waals surface area contributed by atoms with Crippen LogP contribution in [0.5, 0.6) is 0 Å². The highest BCUT2D eigenvalue weighted by Crippen LogP contribution is 2.16. The maximum atomic E-state index is 4.10. The molecule has 2 aromatic rings. The average Bonchev–Trinajstić information content (AvgIpc) is 2.87. The third-order valence-corrected chi connectivity index (χ3v) is 3.26. The number of nitrogens with zero attached hydrogens (tertiary/aromatic N) is 4. The van der Waals surface area contributed by atoms with Crippen LogP contribution in [0, 0.1) is 5.92 Å². The molecule has 1 N–H and O–H groups in total. The Kier molecular flexibility index (Phi) is 5.24. The number of rotatable bonds is 7. The zero-order valence-corrected chi connectivity index (χ0v) is 12.5. The van der Waals surface area contributed by atoms with Gasteiger partial charge in [0.15, 0.2) is 5.82 Å². The molecule has 20 heavy (non-hydrogen) atoms. The Morgan fingerprint density at radius 2 is 1.90 bits per heavy atom. The van der Waals surface area contributed by atoms with Crippen molar-refractivity contribution in [1.82, 2.24) is 25.5 Å². The zero-order valence-electron chi connectivity index (χ0n) is 12.5. The van der Waals surface area contributed by atoms with Gasteiger partial charge >= 0.3 is 0 Å². The first-order valence-corrected chi connectivity index (χ1v) is 7.17. The van der Waals surface area contributed by atoms with E-state index in [1.807, 2.05) is 10.7 Å². The first-order chi connectivity index (χ1) is 9.66. The molecule has 0 aliphatic heterocycles. The highest BCUT2D eigenvalue weighted by Gasteiger charge is 2.11. The van der Waals surface area contributed by atoms with Gasteiger partial charge in [-0.15, -0.1) is 5.10 Å². The summed E-state index contributed by atoms with van der Waals surface area (Å²) in [5.74, 6) is 1.92. The van der Waals surface area contributed by atoms with Crippen molar-refractivity contribution in [2.24, 2.45) is 5.92 Å². The third kappa shape index (κ3) is 4.13. The minimum absolute atomic E-state index is 0.392. The molecular formula is C15H23N5. The van der Waals surface area contributed by atoms with Gasteiger partial charge in [-0.25, -0.2) is 4.68 Å². The van der Waals surface area contributed by atoms with Crippen LogP contribution >= 0.6 is 0 Å². The molecule has 0 saturated heterocycles. The Labute approximate surface area is 120 Å². The summed E-state index contributed by atoms with van der Waals surface area (Å²) in [6.45, 7) is 9.06. The van der Waals surface area contributed by atoms with Crippen molar-refractivity contribution >= 4 is 0 Å². The lowest BCUT2D eigenvalue weighted by Crippen LogP contribution is -2.22. The molecule has 0 aliphatic carbocycles. The van der Waals surface area contributed by atoms with Crippen LogP contribution in [0.1, 0.15) is 38.1 Å². The van der Waals surface area contributed by atoms with E-state index < -0.39 is 0 Å². The quantitative estimate of drug-likeness (QED) is 0.840. The Bertz CT molecular complexity index is 506. The van der Waals surface area contributed by atoms with Crippen LogP contribution in [0.4, 0.5) is 0 Å². The molecule has 1 heterocycles. The van der Waals surface area contributed by atoms with Gasteiger partial charge in [-0.2, -0.15) is 0 Å². The largest absolute Gasteiger partial charge is 0.310 e. The fourth-order valence-corrected chi connectivity index (χ4v) is 2.11. The van der Waals surface area contributed by atoms with Gasteiger partial charge in [0.2, 0.25) is 0 Å². The van der Waals surface area contributed by atoms with E-state index in [4.69, 9.17) is 0 Å². The summed E-state index contributed by atoms with van der Waals surface area (Å²) in [4.78, 5) is 0. The van der Waals surface area contributed by atoms with Crippen LogP contribution in [0.2, 0.25) is 0 Å². The molecule has 0 amide bonds. The molecule has 1 unspecified atom stereocenters. The van der Waals surface area contributed by atoms with Crippen molar-refractivity contribution in [3.8, 4) is 0 Å². The molecule has 108 valence electrons. The number of tetrazole rings is 1. The molecule has 0 saturated carbocycles. The van der Waals surface area contributed by atoms with E-state index in [9.17, 15) is 0 Å². The van der Waals surface area contributed by atoms with E-state index in [-0.39, 0.29) is 0 Å². The van der Waals surface area contributed by atoms with E-state index in [0.29, 0.717) is 18.4 Å². The Morgan fingerprint density at radius 3 is 2.60 bits per heavy atom. The maximum Gasteiger partial charge on any atom is 0.165 e. The summed E-state index contributed by atoms with van der Waals surface area (Å²) >= 11 is 0. The maximum absolute atomic E-state index is 4.10. The predicted molar refractivity (Wildman–Crippen MR) is 79.2 cm³/mol. The van der Waals surface area contributed by atoms with Crippen molar-refractivity contribution in [2.75, 3.05) is 6.54 Å². The second kappa shape index (κ2) is 7.14. The van der Waals surface area contributed by atoms with E-state index in [1.165, 1.54) is 5.56 Å². The first kappa shape index (κ1) is 14.7. The van der Waals surface area contributed by atoms with Crippen LogP contribution < -0.4 is 5.32 Å². The van der Waals surface area contributed by atoms with Crippen molar-refractivity contribution in [1.29, 1.82) is 0 Å². The molecule has 0 fully saturated rings. The Balaban J connectivity index is 1.94. The standard InChI is InChI=1S/C15H23N5/c1-12(2)9-16-10-15-17-18-19-20(15)11-13(3)14-7-5-4-6-8-14/h4-8,12-13,16H,9-11H2,1-3H3. The molecular weight excluding hydrogens is 250 g/mol. The normalized spacial score (nSPS) is 12.8. The summed E-state index contributed by atoms with van der Waals surface area (Å²) in [5, 5.41) is 15.4. The summed E-state index contributed by atoms with van der Waals surface area (Å²) < 4.78 is 1.89. The van der Waals surface area contributed by atoms with Crippen molar-refractivity contribution < 1.29 is 0 Å². The summed E-state index contributed by atoms with van der Waals surface area (Å²) in [6, 6.07) is 10.5. The topological polar surface area (TPSA) is 55.6 Å². The fourth-order valence-electron chi connectivity index (χ4n) is 2.11. The third-order valence-electron chi connectivity index (χ3n) is 3.26. The zero-order chi connectivity index (χ0) is 14.4. The van der Waals surface area contributed by atoms with E-state index >= 15 is 0 Å². The lowest BCUT2D eigenvalue weighted by Gasteiger charge is -2.13. The minimum Gasteiger partial charge on any atom is -0.310 e. The first-order valence-electron chi connectivity index (χ1n) is 7.17. The van der Waals surface area contributed by atoms with Gasteiger partial charge in [0.05, 0.1) is 13.1 Å². The molecule has 0 spiro atoms. The molecule has 0 bridgehead atoms. The summed E-state index contributed by atoms with van der Waals surface area (Å²) in [6.07, 6.45) is 0. The summed E-state index contributed by atoms with van der Waals surface area (Å²) in [5.41, 5.74) is 1.31. The van der Waals surface area contributed by atoms with E-state index in [2.05, 4.69) is 65.9 Å². The smallest absolute Gasteiger partial charge is 0.165 e. The van der Waals surface area contributed by atoms with Crippen molar-refractivity contribution in [2.45, 2.75) is 39.8 Å². The second-order valence-corrected chi connectivity index (χ2v) is 5.61. The number of benzene rings is 1. The van der Waals surface area contributed by atoms with Gasteiger partial charge in [0, 0.05) is 5.92 Å². The molecule has 5 nitrogen and oxygen atoms in total. The van der Waals surface area contributed by atoms with Crippen molar-refractivity contribution in [3.05, 3.63) is 41.7 Å². The highest BCUT2D eigenvalue weighted by atomic mass is 15.5. The van der Waals surface area contributed by atoms with Crippen LogP contribution in [-0.2, 0) is 13.1 Å². The second-order valence-electron chi connectivity index (χ2n) is 5.61. The molecule has 1 atom stereocenters. The van der Waals surface area contributed by atoms with Crippen LogP contribution in [0.25, 0.3) is 0 Å². The average molecular weight is 273 g/mol. The number of aromatic nitrogens is 4. The Hall–Kier alpha value is -1.75. The number of nitrogens with one attached hydrogen (secondary N) is 1. The molecule has 5 heteroatoms. The van der Waals surface area contributed by atoms with Gasteiger partial charge in [0.1, 0.15) is 0 Å². The molecule has 0 aliphatic rings. The SMILES string of the molecule is CC(C)CNCc1nnnn1CC(C)c1ccccc1. The van der Waals surface area contributed by atoms with Gasteiger partial charge in [-0.05, 0) is 28.5 Å². The fraction of sp³-hybridized carbons (Fsp3) is 0.533. The van der Waals surface area contributed by atoms with E-state index in [1.54, 1.807) is 0 Å². The molecule has 2 rings (SSSR count). The Morgan fingerprint density at radius 1 is 1.15 bits per heavy atom. The molecule has 0 radical (unpaired) electrons. The van der Waals surface area contributed by atoms with Gasteiger partial charge in [0.25, 0.3) is 0 Å². The highest BCUT2D eigenvalue weighted by molar-refractivity contribution is 5.18. The monoisotopic (exact) mass is 273 g/mol.